The van der Waals surface area contributed by atoms with E-state index in [-0.39, 0.29) is 0 Å². The second kappa shape index (κ2) is 13.4. The zero-order valence-electron chi connectivity index (χ0n) is 24.7. The molecule has 0 aliphatic heterocycles. The van der Waals surface area contributed by atoms with Crippen molar-refractivity contribution in [2.45, 2.75) is 19.5 Å². The van der Waals surface area contributed by atoms with Crippen molar-refractivity contribution in [3.05, 3.63) is 71.0 Å². The van der Waals surface area contributed by atoms with E-state index in [0.717, 1.165) is 42.7 Å². The van der Waals surface area contributed by atoms with Crippen molar-refractivity contribution in [3.63, 3.8) is 0 Å². The summed E-state index contributed by atoms with van der Waals surface area (Å²) >= 11 is 0. The van der Waals surface area contributed by atoms with Gasteiger partial charge in [-0.3, -0.25) is 8.37 Å². The van der Waals surface area contributed by atoms with E-state index in [1.807, 2.05) is 0 Å². The van der Waals surface area contributed by atoms with Crippen molar-refractivity contribution in [2.75, 3.05) is 56.5 Å². The Balaban J connectivity index is 0.000000413. The fraction of sp³-hybridized carbons (Fsp3) is 0.407. The Morgan fingerprint density at radius 1 is 0.634 bits per heavy atom. The number of quaternary nitrogens is 2. The number of fused-ring (bicyclic) bond motifs is 2. The molecule has 0 saturated heterocycles. The Labute approximate surface area is 242 Å². The van der Waals surface area contributed by atoms with Gasteiger partial charge in [-0.1, -0.05) is 12.1 Å². The first-order valence-corrected chi connectivity index (χ1v) is 15.2. The van der Waals surface area contributed by atoms with E-state index in [4.69, 9.17) is 0 Å². The SMILES string of the molecule is COS(=O)(=O)[O-].COS(=O)(=O)[O-].C[N+](C)(C)Cc1cc2cc(Cc3ccc4[nH]c(C[N+](C)(C)C)cc4c3)ccc2[nH]1. The fourth-order valence-corrected chi connectivity index (χ4v) is 4.13. The number of nitrogens with one attached hydrogen (secondary N) is 2. The minimum atomic E-state index is -4.41. The number of aromatic amines is 2. The van der Waals surface area contributed by atoms with Gasteiger partial charge in [-0.2, -0.15) is 0 Å². The summed E-state index contributed by atoms with van der Waals surface area (Å²) < 4.78 is 63.9. The molecule has 0 aliphatic carbocycles. The summed E-state index contributed by atoms with van der Waals surface area (Å²) in [6.07, 6.45) is 0.956. The van der Waals surface area contributed by atoms with Crippen LogP contribution in [0.4, 0.5) is 0 Å². The zero-order chi connectivity index (χ0) is 31.2. The normalized spacial score (nSPS) is 12.5. The molecule has 2 heterocycles. The lowest BCUT2D eigenvalue weighted by Crippen LogP contribution is -2.33. The molecule has 0 aliphatic rings. The molecule has 14 heteroatoms. The van der Waals surface area contributed by atoms with Crippen LogP contribution in [0.15, 0.2) is 48.5 Å². The molecule has 12 nitrogen and oxygen atoms in total. The zero-order valence-corrected chi connectivity index (χ0v) is 26.4. The van der Waals surface area contributed by atoms with Gasteiger partial charge in [-0.15, -0.1) is 0 Å². The van der Waals surface area contributed by atoms with Crippen LogP contribution >= 0.6 is 0 Å². The Hall–Kier alpha value is -2.82. The first kappa shape index (κ1) is 34.4. The summed E-state index contributed by atoms with van der Waals surface area (Å²) in [5.41, 5.74) is 7.75. The van der Waals surface area contributed by atoms with Crippen LogP contribution in [0.3, 0.4) is 0 Å². The first-order chi connectivity index (χ1) is 18.7. The van der Waals surface area contributed by atoms with Gasteiger partial charge in [-0.05, 0) is 53.9 Å². The van der Waals surface area contributed by atoms with Crippen LogP contribution in [-0.4, -0.2) is 101 Å². The maximum absolute atomic E-state index is 9.22. The largest absolute Gasteiger partial charge is 0.726 e. The third-order valence-corrected chi connectivity index (χ3v) is 6.40. The third-order valence-electron chi connectivity index (χ3n) is 5.59. The predicted molar refractivity (Wildman–Crippen MR) is 156 cm³/mol. The fourth-order valence-electron chi connectivity index (χ4n) is 4.13. The van der Waals surface area contributed by atoms with Crippen molar-refractivity contribution >= 4 is 42.6 Å². The summed E-state index contributed by atoms with van der Waals surface area (Å²) in [5.74, 6) is 0. The number of aromatic nitrogens is 2. The predicted octanol–water partition coefficient (Wildman–Crippen LogP) is 2.84. The van der Waals surface area contributed by atoms with Crippen LogP contribution in [0.2, 0.25) is 0 Å². The minimum absolute atomic E-state index is 0.808. The molecule has 0 saturated carbocycles. The summed E-state index contributed by atoms with van der Waals surface area (Å²) in [6, 6.07) is 18.2. The number of rotatable bonds is 8. The number of nitrogens with zero attached hydrogens (tertiary/aromatic N) is 2. The topological polar surface area (TPSA) is 164 Å². The lowest BCUT2D eigenvalue weighted by atomic mass is 10.0. The van der Waals surface area contributed by atoms with Gasteiger partial charge in [0, 0.05) is 21.8 Å². The van der Waals surface area contributed by atoms with Gasteiger partial charge < -0.3 is 28.0 Å². The molecule has 0 atom stereocenters. The molecule has 0 unspecified atom stereocenters. The molecule has 4 rings (SSSR count). The van der Waals surface area contributed by atoms with Crippen molar-refractivity contribution < 1.29 is 43.3 Å². The molecule has 41 heavy (non-hydrogen) atoms. The van der Waals surface area contributed by atoms with E-state index in [2.05, 4.69) is 109 Å². The Bertz CT molecular complexity index is 1540. The molecule has 0 amide bonds. The average molecular weight is 613 g/mol. The van der Waals surface area contributed by atoms with E-state index in [1.165, 1.54) is 44.3 Å². The van der Waals surface area contributed by atoms with Crippen LogP contribution in [0.1, 0.15) is 22.5 Å². The molecular weight excluding hydrogens is 572 g/mol. The van der Waals surface area contributed by atoms with E-state index >= 15 is 0 Å². The lowest BCUT2D eigenvalue weighted by molar-refractivity contribution is -0.884. The molecule has 4 aromatic rings. The molecule has 0 spiro atoms. The molecular formula is C27H40N4O8S2. The Morgan fingerprint density at radius 2 is 0.951 bits per heavy atom. The van der Waals surface area contributed by atoms with Gasteiger partial charge in [-0.25, -0.2) is 16.8 Å². The van der Waals surface area contributed by atoms with Gasteiger partial charge in [0.2, 0.25) is 20.8 Å². The van der Waals surface area contributed by atoms with Gasteiger partial charge >= 0.3 is 0 Å². The number of hydrogen-bond acceptors (Lipinski definition) is 8. The quantitative estimate of drug-likeness (QED) is 0.174. The molecule has 2 aromatic carbocycles. The van der Waals surface area contributed by atoms with Gasteiger partial charge in [0.05, 0.1) is 67.9 Å². The highest BCUT2D eigenvalue weighted by molar-refractivity contribution is 7.81. The van der Waals surface area contributed by atoms with Crippen LogP contribution in [0.25, 0.3) is 21.8 Å². The van der Waals surface area contributed by atoms with E-state index < -0.39 is 20.8 Å². The molecule has 2 aromatic heterocycles. The van der Waals surface area contributed by atoms with Gasteiger partial charge in [0.25, 0.3) is 0 Å². The van der Waals surface area contributed by atoms with E-state index in [1.54, 1.807) is 0 Å². The molecule has 0 radical (unpaired) electrons. The summed E-state index contributed by atoms with van der Waals surface area (Å²) in [7, 11) is 6.13. The highest BCUT2D eigenvalue weighted by Gasteiger charge is 2.13. The van der Waals surface area contributed by atoms with Gasteiger partial charge in [0.1, 0.15) is 13.1 Å². The van der Waals surface area contributed by atoms with Crippen molar-refractivity contribution in [2.24, 2.45) is 0 Å². The first-order valence-electron chi connectivity index (χ1n) is 12.5. The summed E-state index contributed by atoms with van der Waals surface area (Å²) in [5, 5.41) is 2.61. The Morgan fingerprint density at radius 3 is 1.22 bits per heavy atom. The standard InChI is InChI=1S/C25H34N4.2CH4O4S/c1-28(2,3)16-22-14-20-12-18(7-9-24(20)26-22)11-19-8-10-25-21(13-19)15-23(27-25)17-29(4,5)6;2*1-5-6(2,3)4/h7-10,12-15,26-27H,11,16-17H2,1-6H3;2*1H3,(H,2,3,4)/q+2;;/p-2. The van der Waals surface area contributed by atoms with Crippen LogP contribution < -0.4 is 0 Å². The second-order valence-electron chi connectivity index (χ2n) is 11.7. The smallest absolute Gasteiger partial charge is 0.217 e. The maximum Gasteiger partial charge on any atom is 0.217 e. The lowest BCUT2D eigenvalue weighted by Gasteiger charge is -2.22. The van der Waals surface area contributed by atoms with Crippen molar-refractivity contribution in [1.29, 1.82) is 0 Å². The minimum Gasteiger partial charge on any atom is -0.726 e. The van der Waals surface area contributed by atoms with Crippen LogP contribution in [0.5, 0.6) is 0 Å². The maximum atomic E-state index is 9.22. The average Bonchev–Trinajstić information content (AvgIpc) is 3.38. The summed E-state index contributed by atoms with van der Waals surface area (Å²) in [4.78, 5) is 7.13. The highest BCUT2D eigenvalue weighted by atomic mass is 32.3. The van der Waals surface area contributed by atoms with Crippen molar-refractivity contribution in [1.82, 2.24) is 9.97 Å². The number of hydrogen-bond donors (Lipinski definition) is 2. The number of benzene rings is 2. The van der Waals surface area contributed by atoms with Crippen LogP contribution in [0, 0.1) is 0 Å². The van der Waals surface area contributed by atoms with Gasteiger partial charge in [0.15, 0.2) is 0 Å². The highest BCUT2D eigenvalue weighted by Crippen LogP contribution is 2.23. The second-order valence-corrected chi connectivity index (χ2v) is 14.0. The van der Waals surface area contributed by atoms with E-state index in [9.17, 15) is 25.9 Å². The number of H-pyrrole nitrogens is 2. The molecule has 2 N–H and O–H groups in total. The monoisotopic (exact) mass is 612 g/mol. The molecule has 0 fully saturated rings. The Kier molecular flexibility index (Phi) is 11.3. The molecule has 228 valence electrons. The third kappa shape index (κ3) is 13.1. The van der Waals surface area contributed by atoms with Crippen LogP contribution in [-0.2, 0) is 48.7 Å². The summed E-state index contributed by atoms with van der Waals surface area (Å²) in [6.45, 7) is 2.01. The van der Waals surface area contributed by atoms with Crippen molar-refractivity contribution in [3.8, 4) is 0 Å². The van der Waals surface area contributed by atoms with E-state index in [0.29, 0.717) is 0 Å². The molecule has 0 bridgehead atoms.